The zero-order chi connectivity index (χ0) is 14.7. The lowest BCUT2D eigenvalue weighted by Gasteiger charge is -2.32. The summed E-state index contributed by atoms with van der Waals surface area (Å²) in [6, 6.07) is 6.93. The van der Waals surface area contributed by atoms with E-state index in [1.165, 1.54) is 0 Å². The standard InChI is InChI=1S/C12H16BNO3.C2H6/c1-11(2)12(3,4)17-13(16-11)9-5-7-10(14-15)8-6-9;1-2/h5-8H,1-4H3;1-2H3. The molecule has 0 aromatic heterocycles. The van der Waals surface area contributed by atoms with Crippen molar-refractivity contribution in [2.24, 2.45) is 5.18 Å². The van der Waals surface area contributed by atoms with E-state index in [1.54, 1.807) is 24.3 Å². The van der Waals surface area contributed by atoms with Crippen molar-refractivity contribution in [3.05, 3.63) is 29.2 Å². The molecule has 1 aromatic rings. The molecular weight excluding hydrogens is 241 g/mol. The molecule has 1 heterocycles. The molecule has 0 amide bonds. The molecule has 5 heteroatoms. The maximum Gasteiger partial charge on any atom is 0.494 e. The number of hydrogen-bond donors (Lipinski definition) is 0. The molecule has 0 atom stereocenters. The van der Waals surface area contributed by atoms with Crippen LogP contribution in [0.3, 0.4) is 0 Å². The molecule has 104 valence electrons. The van der Waals surface area contributed by atoms with Crippen LogP contribution in [0.1, 0.15) is 41.5 Å². The van der Waals surface area contributed by atoms with Crippen molar-refractivity contribution in [2.75, 3.05) is 0 Å². The summed E-state index contributed by atoms with van der Waals surface area (Å²) in [6.07, 6.45) is 0. The Kier molecular flexibility index (Phi) is 4.88. The fraction of sp³-hybridized carbons (Fsp3) is 0.571. The lowest BCUT2D eigenvalue weighted by Crippen LogP contribution is -2.41. The van der Waals surface area contributed by atoms with E-state index in [0.717, 1.165) is 5.46 Å². The van der Waals surface area contributed by atoms with E-state index in [-0.39, 0.29) is 18.3 Å². The molecule has 0 N–H and O–H groups in total. The second kappa shape index (κ2) is 5.84. The number of hydrogen-bond acceptors (Lipinski definition) is 4. The molecule has 0 radical (unpaired) electrons. The minimum absolute atomic E-state index is 0.348. The summed E-state index contributed by atoms with van der Waals surface area (Å²) in [4.78, 5) is 10.3. The molecule has 1 fully saturated rings. The SMILES string of the molecule is CC.CC1(C)OB(c2ccc(N=O)cc2)OC1(C)C. The van der Waals surface area contributed by atoms with Gasteiger partial charge in [-0.1, -0.05) is 26.0 Å². The van der Waals surface area contributed by atoms with Crippen molar-refractivity contribution in [3.63, 3.8) is 0 Å². The van der Waals surface area contributed by atoms with Crippen molar-refractivity contribution in [3.8, 4) is 0 Å². The van der Waals surface area contributed by atoms with Crippen molar-refractivity contribution < 1.29 is 9.31 Å². The highest BCUT2D eigenvalue weighted by Gasteiger charge is 2.51. The summed E-state index contributed by atoms with van der Waals surface area (Å²) in [5.41, 5.74) is 0.611. The lowest BCUT2D eigenvalue weighted by atomic mass is 9.79. The van der Waals surface area contributed by atoms with E-state index in [2.05, 4.69) is 5.18 Å². The highest BCUT2D eigenvalue weighted by Crippen LogP contribution is 2.36. The van der Waals surface area contributed by atoms with Gasteiger partial charge in [0.15, 0.2) is 0 Å². The van der Waals surface area contributed by atoms with Crippen LogP contribution in [0.4, 0.5) is 5.69 Å². The Morgan fingerprint density at radius 3 is 1.74 bits per heavy atom. The van der Waals surface area contributed by atoms with E-state index >= 15 is 0 Å². The molecule has 1 saturated heterocycles. The lowest BCUT2D eigenvalue weighted by molar-refractivity contribution is 0.00578. The van der Waals surface area contributed by atoms with Crippen molar-refractivity contribution in [1.29, 1.82) is 0 Å². The Balaban J connectivity index is 0.000000861. The van der Waals surface area contributed by atoms with E-state index in [0.29, 0.717) is 5.69 Å². The Bertz CT molecular complexity index is 413. The zero-order valence-electron chi connectivity index (χ0n) is 12.6. The van der Waals surface area contributed by atoms with Crippen molar-refractivity contribution >= 4 is 18.3 Å². The predicted octanol–water partition coefficient (Wildman–Crippen LogP) is 3.41. The Hall–Kier alpha value is -1.20. The summed E-state index contributed by atoms with van der Waals surface area (Å²) < 4.78 is 11.8. The average molecular weight is 263 g/mol. The van der Waals surface area contributed by atoms with Gasteiger partial charge in [0.1, 0.15) is 5.69 Å². The van der Waals surface area contributed by atoms with Gasteiger partial charge in [0.2, 0.25) is 0 Å². The molecule has 0 saturated carbocycles. The third kappa shape index (κ3) is 3.22. The van der Waals surface area contributed by atoms with Crippen LogP contribution in [0.15, 0.2) is 29.4 Å². The van der Waals surface area contributed by atoms with Crippen LogP contribution < -0.4 is 5.46 Å². The van der Waals surface area contributed by atoms with Gasteiger partial charge in [0.05, 0.1) is 11.2 Å². The fourth-order valence-corrected chi connectivity index (χ4v) is 1.67. The van der Waals surface area contributed by atoms with Gasteiger partial charge < -0.3 is 9.31 Å². The smallest absolute Gasteiger partial charge is 0.399 e. The summed E-state index contributed by atoms with van der Waals surface area (Å²) in [5, 5.41) is 2.86. The third-order valence-electron chi connectivity index (χ3n) is 3.52. The number of nitroso groups, excluding NO2 is 1. The predicted molar refractivity (Wildman–Crippen MR) is 79.0 cm³/mol. The molecule has 1 aromatic carbocycles. The highest BCUT2D eigenvalue weighted by molar-refractivity contribution is 6.62. The Morgan fingerprint density at radius 2 is 1.37 bits per heavy atom. The summed E-state index contributed by atoms with van der Waals surface area (Å²) in [7, 11) is -0.388. The van der Waals surface area contributed by atoms with Crippen LogP contribution in [0, 0.1) is 4.91 Å². The van der Waals surface area contributed by atoms with Gasteiger partial charge in [-0.2, -0.15) is 0 Å². The Morgan fingerprint density at radius 1 is 0.947 bits per heavy atom. The first kappa shape index (κ1) is 15.9. The van der Waals surface area contributed by atoms with Crippen LogP contribution in [0.2, 0.25) is 0 Å². The van der Waals surface area contributed by atoms with Crippen LogP contribution in [-0.2, 0) is 9.31 Å². The van der Waals surface area contributed by atoms with Crippen molar-refractivity contribution in [2.45, 2.75) is 52.7 Å². The maximum absolute atomic E-state index is 10.3. The molecule has 0 spiro atoms. The van der Waals surface area contributed by atoms with Crippen LogP contribution in [0.5, 0.6) is 0 Å². The molecule has 0 unspecified atom stereocenters. The minimum atomic E-state index is -0.388. The van der Waals surface area contributed by atoms with Gasteiger partial charge in [-0.3, -0.25) is 0 Å². The normalized spacial score (nSPS) is 19.6. The monoisotopic (exact) mass is 263 g/mol. The molecule has 0 aliphatic carbocycles. The number of benzene rings is 1. The second-order valence-electron chi connectivity index (χ2n) is 5.27. The Labute approximate surface area is 115 Å². The minimum Gasteiger partial charge on any atom is -0.399 e. The number of rotatable bonds is 2. The van der Waals surface area contributed by atoms with Crippen LogP contribution in [-0.4, -0.2) is 18.3 Å². The van der Waals surface area contributed by atoms with Crippen LogP contribution >= 0.6 is 0 Å². The number of nitrogens with zero attached hydrogens (tertiary/aromatic N) is 1. The summed E-state index contributed by atoms with van der Waals surface area (Å²) in [5.74, 6) is 0. The maximum atomic E-state index is 10.3. The van der Waals surface area contributed by atoms with E-state index in [9.17, 15) is 4.91 Å². The first-order chi connectivity index (χ1) is 8.86. The van der Waals surface area contributed by atoms with Gasteiger partial charge in [-0.05, 0) is 50.5 Å². The second-order valence-corrected chi connectivity index (χ2v) is 5.27. The topological polar surface area (TPSA) is 47.9 Å². The van der Waals surface area contributed by atoms with Gasteiger partial charge >= 0.3 is 7.12 Å². The highest BCUT2D eigenvalue weighted by atomic mass is 16.7. The largest absolute Gasteiger partial charge is 0.494 e. The molecule has 19 heavy (non-hydrogen) atoms. The van der Waals surface area contributed by atoms with E-state index < -0.39 is 0 Å². The molecule has 0 bridgehead atoms. The fourth-order valence-electron chi connectivity index (χ4n) is 1.67. The first-order valence-corrected chi connectivity index (χ1v) is 6.65. The summed E-state index contributed by atoms with van der Waals surface area (Å²) >= 11 is 0. The van der Waals surface area contributed by atoms with Gasteiger partial charge in [0, 0.05) is 0 Å². The van der Waals surface area contributed by atoms with Crippen molar-refractivity contribution in [1.82, 2.24) is 0 Å². The zero-order valence-corrected chi connectivity index (χ0v) is 12.6. The molecule has 1 aliphatic rings. The molecule has 4 nitrogen and oxygen atoms in total. The van der Waals surface area contributed by atoms with Gasteiger partial charge in [-0.25, -0.2) is 0 Å². The van der Waals surface area contributed by atoms with Gasteiger partial charge in [0.25, 0.3) is 0 Å². The first-order valence-electron chi connectivity index (χ1n) is 6.65. The molecular formula is C14H22BNO3. The molecule has 1 aliphatic heterocycles. The average Bonchev–Trinajstić information content (AvgIpc) is 2.61. The summed E-state index contributed by atoms with van der Waals surface area (Å²) in [6.45, 7) is 12.0. The van der Waals surface area contributed by atoms with Gasteiger partial charge in [-0.15, -0.1) is 4.91 Å². The third-order valence-corrected chi connectivity index (χ3v) is 3.52. The van der Waals surface area contributed by atoms with E-state index in [1.807, 2.05) is 41.5 Å². The quantitative estimate of drug-likeness (QED) is 0.606. The molecule has 2 rings (SSSR count). The van der Waals surface area contributed by atoms with E-state index in [4.69, 9.17) is 9.31 Å². The van der Waals surface area contributed by atoms with Crippen LogP contribution in [0.25, 0.3) is 0 Å².